The van der Waals surface area contributed by atoms with Crippen LogP contribution in [0, 0.1) is 5.92 Å². The molecule has 1 saturated carbocycles. The number of nitrogens with zero attached hydrogens (tertiary/aromatic N) is 3. The van der Waals surface area contributed by atoms with E-state index in [9.17, 15) is 0 Å². The number of hydrogen-bond donors (Lipinski definition) is 2. The second kappa shape index (κ2) is 4.05. The summed E-state index contributed by atoms with van der Waals surface area (Å²) in [6, 6.07) is 0. The molecule has 2 aliphatic rings. The second-order valence-corrected chi connectivity index (χ2v) is 4.60. The van der Waals surface area contributed by atoms with Crippen LogP contribution in [0.5, 0.6) is 0 Å². The van der Waals surface area contributed by atoms with Crippen molar-refractivity contribution in [2.24, 2.45) is 11.7 Å². The third-order valence-electron chi connectivity index (χ3n) is 3.71. The summed E-state index contributed by atoms with van der Waals surface area (Å²) in [6.07, 6.45) is 5.24. The lowest BCUT2D eigenvalue weighted by molar-refractivity contribution is 0.503. The van der Waals surface area contributed by atoms with Gasteiger partial charge >= 0.3 is 0 Å². The first-order valence-electron chi connectivity index (χ1n) is 6.16. The van der Waals surface area contributed by atoms with Crippen molar-refractivity contribution >= 4 is 0 Å². The molecule has 5 nitrogen and oxygen atoms in total. The second-order valence-electron chi connectivity index (χ2n) is 4.60. The molecule has 0 saturated heterocycles. The van der Waals surface area contributed by atoms with E-state index in [1.165, 1.54) is 11.2 Å². The van der Waals surface area contributed by atoms with Gasteiger partial charge in [0, 0.05) is 5.54 Å². The first kappa shape index (κ1) is 11.4. The number of aryl methyl sites for hydroxylation is 1. The fourth-order valence-corrected chi connectivity index (χ4v) is 2.56. The van der Waals surface area contributed by atoms with Gasteiger partial charge in [0.15, 0.2) is 0 Å². The van der Waals surface area contributed by atoms with Crippen molar-refractivity contribution in [2.75, 3.05) is 5.84 Å². The number of nitrogen functional groups attached to an aromatic ring is 1. The van der Waals surface area contributed by atoms with Crippen LogP contribution >= 0.6 is 0 Å². The van der Waals surface area contributed by atoms with Gasteiger partial charge in [-0.25, -0.2) is 0 Å². The summed E-state index contributed by atoms with van der Waals surface area (Å²) in [6.45, 7) is 4.00. The number of aromatic nitrogens is 3. The molecular formula is C11H21N5. The van der Waals surface area contributed by atoms with Crippen molar-refractivity contribution in [1.29, 1.82) is 0 Å². The molecule has 0 bridgehead atoms. The lowest BCUT2D eigenvalue weighted by Gasteiger charge is -2.14. The summed E-state index contributed by atoms with van der Waals surface area (Å²) in [5.74, 6) is 6.39. The zero-order chi connectivity index (χ0) is 11.8. The van der Waals surface area contributed by atoms with E-state index in [1.54, 1.807) is 0 Å². The monoisotopic (exact) mass is 223 g/mol. The van der Waals surface area contributed by atoms with Gasteiger partial charge in [0.05, 0.1) is 11.4 Å². The van der Waals surface area contributed by atoms with Crippen molar-refractivity contribution < 1.29 is 0 Å². The highest BCUT2D eigenvalue weighted by atomic mass is 15.6. The standard InChI is InChI=1S/C9H15N5.C2H6/c10-9-4-3-8-7(12-13-14(8)11)2-1-6(9)5-9;1-2/h6H,1-5,10-11H2;1-2H3. The molecule has 1 fully saturated rings. The van der Waals surface area contributed by atoms with E-state index >= 15 is 0 Å². The highest BCUT2D eigenvalue weighted by Gasteiger charge is 2.50. The summed E-state index contributed by atoms with van der Waals surface area (Å²) < 4.78 is 0. The number of rotatable bonds is 0. The van der Waals surface area contributed by atoms with E-state index in [4.69, 9.17) is 11.6 Å². The van der Waals surface area contributed by atoms with Gasteiger partial charge in [-0.15, -0.1) is 5.10 Å². The quantitative estimate of drug-likeness (QED) is 0.631. The van der Waals surface area contributed by atoms with Gasteiger partial charge in [-0.2, -0.15) is 4.79 Å². The summed E-state index contributed by atoms with van der Waals surface area (Å²) >= 11 is 0. The molecule has 0 radical (unpaired) electrons. The van der Waals surface area contributed by atoms with Crippen LogP contribution < -0.4 is 11.6 Å². The Bertz CT molecular complexity index is 372. The lowest BCUT2D eigenvalue weighted by atomic mass is 9.98. The molecule has 1 aromatic heterocycles. The minimum atomic E-state index is 0.0992. The molecule has 16 heavy (non-hydrogen) atoms. The molecular weight excluding hydrogens is 202 g/mol. The number of nitrogens with two attached hydrogens (primary N) is 2. The zero-order valence-electron chi connectivity index (χ0n) is 10.1. The van der Waals surface area contributed by atoms with Gasteiger partial charge in [-0.05, 0) is 43.2 Å². The molecule has 0 aliphatic heterocycles. The van der Waals surface area contributed by atoms with Crippen LogP contribution in [0.25, 0.3) is 0 Å². The highest BCUT2D eigenvalue weighted by Crippen LogP contribution is 2.48. The lowest BCUT2D eigenvalue weighted by Crippen LogP contribution is -2.28. The van der Waals surface area contributed by atoms with E-state index in [2.05, 4.69) is 10.3 Å². The molecule has 90 valence electrons. The average Bonchev–Trinajstić information content (AvgIpc) is 2.78. The fraction of sp³-hybridized carbons (Fsp3) is 0.818. The van der Waals surface area contributed by atoms with Crippen molar-refractivity contribution in [1.82, 2.24) is 15.1 Å². The van der Waals surface area contributed by atoms with Gasteiger partial charge in [0.2, 0.25) is 0 Å². The molecule has 4 N–H and O–H groups in total. The predicted molar refractivity (Wildman–Crippen MR) is 63.2 cm³/mol. The topological polar surface area (TPSA) is 82.8 Å². The van der Waals surface area contributed by atoms with Gasteiger partial charge in [0.1, 0.15) is 0 Å². The first-order valence-corrected chi connectivity index (χ1v) is 6.16. The van der Waals surface area contributed by atoms with Crippen LogP contribution in [-0.4, -0.2) is 20.6 Å². The summed E-state index contributed by atoms with van der Waals surface area (Å²) in [5.41, 5.74) is 8.45. The molecule has 2 unspecified atom stereocenters. The van der Waals surface area contributed by atoms with Crippen molar-refractivity contribution in [3.05, 3.63) is 11.4 Å². The summed E-state index contributed by atoms with van der Waals surface area (Å²) in [5, 5.41) is 7.93. The third-order valence-corrected chi connectivity index (χ3v) is 3.71. The maximum absolute atomic E-state index is 6.21. The van der Waals surface area contributed by atoms with Gasteiger partial charge in [-0.1, -0.05) is 13.8 Å². The van der Waals surface area contributed by atoms with E-state index in [1.807, 2.05) is 13.8 Å². The molecule has 0 spiro atoms. The van der Waals surface area contributed by atoms with Crippen molar-refractivity contribution in [3.63, 3.8) is 0 Å². The van der Waals surface area contributed by atoms with Gasteiger partial charge in [0.25, 0.3) is 0 Å². The predicted octanol–water partition coefficient (Wildman–Crippen LogP) is 0.614. The largest absolute Gasteiger partial charge is 0.325 e. The SMILES string of the molecule is CC.Nn1nnc2c1CCC1(N)CC1CC2. The smallest absolute Gasteiger partial charge is 0.0881 e. The Hall–Kier alpha value is -1.10. The van der Waals surface area contributed by atoms with E-state index in [-0.39, 0.29) is 5.54 Å². The molecule has 2 atom stereocenters. The van der Waals surface area contributed by atoms with Gasteiger partial charge < -0.3 is 11.6 Å². The van der Waals surface area contributed by atoms with E-state index in [0.717, 1.165) is 37.1 Å². The molecule has 0 aromatic carbocycles. The Morgan fingerprint density at radius 1 is 1.38 bits per heavy atom. The molecule has 1 heterocycles. The Labute approximate surface area is 96.2 Å². The minimum Gasteiger partial charge on any atom is -0.325 e. The molecule has 0 amide bonds. The first-order chi connectivity index (χ1) is 7.69. The van der Waals surface area contributed by atoms with Gasteiger partial charge in [-0.3, -0.25) is 0 Å². The minimum absolute atomic E-state index is 0.0992. The van der Waals surface area contributed by atoms with Crippen molar-refractivity contribution in [3.8, 4) is 0 Å². The third kappa shape index (κ3) is 1.80. The molecule has 5 heteroatoms. The Morgan fingerprint density at radius 2 is 2.12 bits per heavy atom. The highest BCUT2D eigenvalue weighted by molar-refractivity contribution is 5.18. The summed E-state index contributed by atoms with van der Waals surface area (Å²) in [4.78, 5) is 1.40. The van der Waals surface area contributed by atoms with Crippen LogP contribution in [0.15, 0.2) is 0 Å². The Morgan fingerprint density at radius 3 is 2.88 bits per heavy atom. The van der Waals surface area contributed by atoms with E-state index < -0.39 is 0 Å². The molecule has 3 rings (SSSR count). The maximum Gasteiger partial charge on any atom is 0.0881 e. The van der Waals surface area contributed by atoms with E-state index in [0.29, 0.717) is 5.92 Å². The maximum atomic E-state index is 6.21. The zero-order valence-corrected chi connectivity index (χ0v) is 10.1. The Kier molecular flexibility index (Phi) is 2.88. The van der Waals surface area contributed by atoms with Crippen LogP contribution in [0.4, 0.5) is 0 Å². The number of hydrogen-bond acceptors (Lipinski definition) is 4. The average molecular weight is 223 g/mol. The number of fused-ring (bicyclic) bond motifs is 2. The van der Waals surface area contributed by atoms with Crippen LogP contribution in [-0.2, 0) is 12.8 Å². The van der Waals surface area contributed by atoms with Crippen LogP contribution in [0.2, 0.25) is 0 Å². The van der Waals surface area contributed by atoms with Crippen LogP contribution in [0.1, 0.15) is 44.5 Å². The Balaban J connectivity index is 0.000000457. The normalized spacial score (nSPS) is 31.3. The van der Waals surface area contributed by atoms with Crippen molar-refractivity contribution in [2.45, 2.75) is 51.5 Å². The fourth-order valence-electron chi connectivity index (χ4n) is 2.56. The molecule has 2 aliphatic carbocycles. The molecule has 1 aromatic rings. The summed E-state index contributed by atoms with van der Waals surface area (Å²) in [7, 11) is 0. The van der Waals surface area contributed by atoms with Crippen LogP contribution in [0.3, 0.4) is 0 Å².